The van der Waals surface area contributed by atoms with E-state index in [1.165, 1.54) is 0 Å². The van der Waals surface area contributed by atoms with E-state index in [-0.39, 0.29) is 11.4 Å². The number of nitrogens with zero attached hydrogens (tertiary/aromatic N) is 2. The molecule has 1 atom stereocenters. The Balaban J connectivity index is 2.75. The number of hydrogen-bond acceptors (Lipinski definition) is 5. The summed E-state index contributed by atoms with van der Waals surface area (Å²) in [5.41, 5.74) is 6.45. The summed E-state index contributed by atoms with van der Waals surface area (Å²) in [6.45, 7) is 6.14. The lowest BCUT2D eigenvalue weighted by atomic mass is 9.98. The van der Waals surface area contributed by atoms with E-state index in [1.807, 2.05) is 19.9 Å². The van der Waals surface area contributed by atoms with E-state index in [2.05, 4.69) is 15.5 Å². The zero-order valence-corrected chi connectivity index (χ0v) is 10.9. The van der Waals surface area contributed by atoms with Gasteiger partial charge in [-0.25, -0.2) is 0 Å². The molecule has 0 saturated heterocycles. The number of oxime groups is 1. The molecule has 0 aliphatic heterocycles. The molecule has 5 N–H and O–H groups in total. The van der Waals surface area contributed by atoms with Crippen LogP contribution >= 0.6 is 0 Å². The highest BCUT2D eigenvalue weighted by Gasteiger charge is 2.22. The lowest BCUT2D eigenvalue weighted by Crippen LogP contribution is -2.47. The molecular weight excluding hydrogens is 232 g/mol. The van der Waals surface area contributed by atoms with Crippen molar-refractivity contribution in [3.63, 3.8) is 0 Å². The first-order chi connectivity index (χ1) is 8.36. The Morgan fingerprint density at radius 1 is 1.61 bits per heavy atom. The van der Waals surface area contributed by atoms with Crippen molar-refractivity contribution in [3.8, 4) is 0 Å². The molecule has 6 nitrogen and oxygen atoms in total. The van der Waals surface area contributed by atoms with Gasteiger partial charge >= 0.3 is 0 Å². The Kier molecular flexibility index (Phi) is 4.63. The number of hydrogen-bond donors (Lipinski definition) is 4. The molecule has 1 aromatic rings. The summed E-state index contributed by atoms with van der Waals surface area (Å²) < 4.78 is 0. The van der Waals surface area contributed by atoms with Crippen LogP contribution in [0.2, 0.25) is 0 Å². The quantitative estimate of drug-likeness (QED) is 0.263. The van der Waals surface area contributed by atoms with E-state index < -0.39 is 6.10 Å². The second-order valence-electron chi connectivity index (χ2n) is 4.79. The lowest BCUT2D eigenvalue weighted by Gasteiger charge is -2.29. The molecule has 0 radical (unpaired) electrons. The van der Waals surface area contributed by atoms with Gasteiger partial charge in [0.1, 0.15) is 5.69 Å². The number of amidine groups is 1. The molecule has 0 bridgehead atoms. The van der Waals surface area contributed by atoms with Gasteiger partial charge in [-0.05, 0) is 38.5 Å². The average Bonchev–Trinajstić information content (AvgIpc) is 2.35. The second kappa shape index (κ2) is 5.79. The first-order valence-electron chi connectivity index (χ1n) is 5.72. The molecule has 0 saturated carbocycles. The van der Waals surface area contributed by atoms with Gasteiger partial charge in [0.25, 0.3) is 0 Å². The number of nitrogens with two attached hydrogens (primary N) is 1. The number of aromatic nitrogens is 1. The third-order valence-electron chi connectivity index (χ3n) is 2.99. The maximum Gasteiger partial charge on any atom is 0.188 e. The van der Waals surface area contributed by atoms with Crippen LogP contribution in [0.3, 0.4) is 0 Å². The van der Waals surface area contributed by atoms with Crippen molar-refractivity contribution in [2.45, 2.75) is 39.0 Å². The molecule has 1 rings (SSSR count). The fraction of sp³-hybridized carbons (Fsp3) is 0.500. The predicted molar refractivity (Wildman–Crippen MR) is 69.3 cm³/mol. The SMILES string of the molecule is CC(O)C(C)(C)NCc1ccnc(/C(N)=N/O)c1. The molecule has 100 valence electrons. The van der Waals surface area contributed by atoms with Crippen LogP contribution in [0.5, 0.6) is 0 Å². The largest absolute Gasteiger partial charge is 0.409 e. The summed E-state index contributed by atoms with van der Waals surface area (Å²) in [6.07, 6.45) is 1.13. The summed E-state index contributed by atoms with van der Waals surface area (Å²) in [4.78, 5) is 4.00. The highest BCUT2D eigenvalue weighted by atomic mass is 16.4. The first-order valence-corrected chi connectivity index (χ1v) is 5.72. The standard InChI is InChI=1S/C12H20N4O2/c1-8(17)12(2,3)15-7-9-4-5-14-10(6-9)11(13)16-18/h4-6,8,15,17-18H,7H2,1-3H3,(H2,13,16). The van der Waals surface area contributed by atoms with Gasteiger partial charge in [0.15, 0.2) is 5.84 Å². The van der Waals surface area contributed by atoms with Crippen molar-refractivity contribution in [3.05, 3.63) is 29.6 Å². The summed E-state index contributed by atoms with van der Waals surface area (Å²) in [7, 11) is 0. The third kappa shape index (κ3) is 3.68. The lowest BCUT2D eigenvalue weighted by molar-refractivity contribution is 0.0956. The molecule has 1 aromatic heterocycles. The normalized spacial score (nSPS) is 14.6. The van der Waals surface area contributed by atoms with Gasteiger partial charge in [0.2, 0.25) is 0 Å². The molecule has 0 amide bonds. The highest BCUT2D eigenvalue weighted by Crippen LogP contribution is 2.10. The van der Waals surface area contributed by atoms with Crippen molar-refractivity contribution in [2.24, 2.45) is 10.9 Å². The van der Waals surface area contributed by atoms with Crippen LogP contribution in [-0.2, 0) is 6.54 Å². The molecule has 18 heavy (non-hydrogen) atoms. The van der Waals surface area contributed by atoms with Crippen LogP contribution in [0.1, 0.15) is 32.0 Å². The van der Waals surface area contributed by atoms with Gasteiger partial charge < -0.3 is 21.4 Å². The van der Waals surface area contributed by atoms with Crippen LogP contribution in [-0.4, -0.2) is 32.8 Å². The molecule has 0 aliphatic carbocycles. The molecule has 1 heterocycles. The maximum atomic E-state index is 9.59. The van der Waals surface area contributed by atoms with Crippen LogP contribution < -0.4 is 11.1 Å². The van der Waals surface area contributed by atoms with Gasteiger partial charge in [-0.2, -0.15) is 0 Å². The molecule has 0 aromatic carbocycles. The smallest absolute Gasteiger partial charge is 0.188 e. The Bertz CT molecular complexity index is 430. The fourth-order valence-corrected chi connectivity index (χ4v) is 1.25. The first kappa shape index (κ1) is 14.4. The van der Waals surface area contributed by atoms with Gasteiger partial charge in [-0.15, -0.1) is 0 Å². The molecule has 0 spiro atoms. The summed E-state index contributed by atoms with van der Waals surface area (Å²) in [5.74, 6) is -0.0216. The number of nitrogens with one attached hydrogen (secondary N) is 1. The number of pyridine rings is 1. The van der Waals surface area contributed by atoms with E-state index in [0.29, 0.717) is 12.2 Å². The second-order valence-corrected chi connectivity index (χ2v) is 4.79. The maximum absolute atomic E-state index is 9.59. The summed E-state index contributed by atoms with van der Waals surface area (Å²) in [6, 6.07) is 3.57. The molecule has 6 heteroatoms. The van der Waals surface area contributed by atoms with E-state index >= 15 is 0 Å². The van der Waals surface area contributed by atoms with Crippen molar-refractivity contribution >= 4 is 5.84 Å². The summed E-state index contributed by atoms with van der Waals surface area (Å²) in [5, 5.41) is 24.3. The number of aliphatic hydroxyl groups is 1. The van der Waals surface area contributed by atoms with E-state index in [0.717, 1.165) is 5.56 Å². The number of rotatable bonds is 5. The minimum absolute atomic E-state index is 0.0216. The molecule has 1 unspecified atom stereocenters. The van der Waals surface area contributed by atoms with Gasteiger partial charge in [0.05, 0.1) is 6.10 Å². The highest BCUT2D eigenvalue weighted by molar-refractivity contribution is 5.95. The minimum Gasteiger partial charge on any atom is -0.409 e. The monoisotopic (exact) mass is 252 g/mol. The fourth-order valence-electron chi connectivity index (χ4n) is 1.25. The van der Waals surface area contributed by atoms with Crippen LogP contribution in [0.25, 0.3) is 0 Å². The van der Waals surface area contributed by atoms with E-state index in [1.54, 1.807) is 19.2 Å². The van der Waals surface area contributed by atoms with E-state index in [4.69, 9.17) is 10.9 Å². The Labute approximate surface area is 107 Å². The minimum atomic E-state index is -0.470. The average molecular weight is 252 g/mol. The van der Waals surface area contributed by atoms with Gasteiger partial charge in [-0.3, -0.25) is 4.98 Å². The molecule has 0 aliphatic rings. The Morgan fingerprint density at radius 2 is 2.28 bits per heavy atom. The predicted octanol–water partition coefficient (Wildman–Crippen LogP) is 0.425. The van der Waals surface area contributed by atoms with Crippen LogP contribution in [0.15, 0.2) is 23.5 Å². The van der Waals surface area contributed by atoms with Crippen molar-refractivity contribution in [1.29, 1.82) is 0 Å². The van der Waals surface area contributed by atoms with Crippen LogP contribution in [0, 0.1) is 0 Å². The molecular formula is C12H20N4O2. The topological polar surface area (TPSA) is 104 Å². The van der Waals surface area contributed by atoms with Gasteiger partial charge in [-0.1, -0.05) is 5.16 Å². The number of aliphatic hydroxyl groups excluding tert-OH is 1. The Hall–Kier alpha value is -1.66. The summed E-state index contributed by atoms with van der Waals surface area (Å²) >= 11 is 0. The van der Waals surface area contributed by atoms with Crippen molar-refractivity contribution < 1.29 is 10.3 Å². The zero-order chi connectivity index (χ0) is 13.8. The van der Waals surface area contributed by atoms with Crippen LogP contribution in [0.4, 0.5) is 0 Å². The van der Waals surface area contributed by atoms with Crippen molar-refractivity contribution in [1.82, 2.24) is 10.3 Å². The Morgan fingerprint density at radius 3 is 2.83 bits per heavy atom. The van der Waals surface area contributed by atoms with Gasteiger partial charge in [0, 0.05) is 18.3 Å². The van der Waals surface area contributed by atoms with E-state index in [9.17, 15) is 5.11 Å². The third-order valence-corrected chi connectivity index (χ3v) is 2.99. The van der Waals surface area contributed by atoms with Crippen molar-refractivity contribution in [2.75, 3.05) is 0 Å². The molecule has 0 fully saturated rings. The zero-order valence-electron chi connectivity index (χ0n) is 10.9.